The monoisotopic (exact) mass is 654 g/mol. The number of carboxylic acid groups (broad SMARTS) is 1. The van der Waals surface area contributed by atoms with Crippen molar-refractivity contribution in [1.29, 1.82) is 0 Å². The summed E-state index contributed by atoms with van der Waals surface area (Å²) in [5, 5.41) is 16.4. The molecule has 10 atom stereocenters. The Hall–Kier alpha value is -2.05. The van der Waals surface area contributed by atoms with Gasteiger partial charge in [0.1, 0.15) is 6.10 Å². The van der Waals surface area contributed by atoms with Crippen molar-refractivity contribution < 1.29 is 24.2 Å². The van der Waals surface area contributed by atoms with E-state index >= 15 is 0 Å². The van der Waals surface area contributed by atoms with Gasteiger partial charge in [-0.1, -0.05) is 46.8 Å². The van der Waals surface area contributed by atoms with E-state index < -0.39 is 17.4 Å². The maximum Gasteiger partial charge on any atom is 0.315 e. The van der Waals surface area contributed by atoms with Crippen LogP contribution in [0.4, 0.5) is 4.79 Å². The lowest BCUT2D eigenvalue weighted by Crippen LogP contribution is -2.69. The molecule has 0 aromatic heterocycles. The highest BCUT2D eigenvalue weighted by molar-refractivity contribution is 5.81. The molecular formula is C40H66N2O5. The first-order valence-corrected chi connectivity index (χ1v) is 18.6. The number of amides is 2. The summed E-state index contributed by atoms with van der Waals surface area (Å²) in [6.07, 6.45) is 10.5. The van der Waals surface area contributed by atoms with Crippen molar-refractivity contribution in [2.45, 2.75) is 164 Å². The molecule has 3 N–H and O–H groups in total. The number of esters is 1. The Balaban J connectivity index is 1.41. The smallest absolute Gasteiger partial charge is 0.315 e. The summed E-state index contributed by atoms with van der Waals surface area (Å²) in [6.45, 7) is 28.4. The predicted octanol–water partition coefficient (Wildman–Crippen LogP) is 8.91. The van der Waals surface area contributed by atoms with Crippen LogP contribution in [-0.2, 0) is 14.3 Å². The molecule has 266 valence electrons. The Morgan fingerprint density at radius 2 is 1.49 bits per heavy atom. The molecule has 0 heterocycles. The summed E-state index contributed by atoms with van der Waals surface area (Å²) in [7, 11) is 0. The van der Waals surface area contributed by atoms with Gasteiger partial charge in [-0.3, -0.25) is 9.59 Å². The SMILES string of the molecule is C=C(C)[C@@H]1CC[C@]2(NC(=O)NC(C)(C)C)CC[C@]3(C)[C@H](CC[C@@H]4[C@@]5(C)CC[C@H](OC(=O)CC(C)(C)C(=O)O)C(C)(C)[C@@H]5CC[C@]43C)[C@@H]12. The van der Waals surface area contributed by atoms with Crippen molar-refractivity contribution in [1.82, 2.24) is 10.6 Å². The molecule has 0 aliphatic heterocycles. The first-order valence-electron chi connectivity index (χ1n) is 18.6. The molecule has 0 spiro atoms. The Morgan fingerprint density at radius 3 is 2.09 bits per heavy atom. The maximum absolute atomic E-state index is 13.4. The molecule has 5 aliphatic rings. The van der Waals surface area contributed by atoms with Gasteiger partial charge >= 0.3 is 18.0 Å². The van der Waals surface area contributed by atoms with E-state index in [4.69, 9.17) is 4.74 Å². The fraction of sp³-hybridized carbons (Fsp3) is 0.875. The van der Waals surface area contributed by atoms with Gasteiger partial charge in [0.05, 0.1) is 11.8 Å². The van der Waals surface area contributed by atoms with E-state index in [9.17, 15) is 19.5 Å². The third-order valence-electron chi connectivity index (χ3n) is 15.3. The molecule has 47 heavy (non-hydrogen) atoms. The van der Waals surface area contributed by atoms with Crippen LogP contribution in [-0.4, -0.2) is 40.3 Å². The van der Waals surface area contributed by atoms with Gasteiger partial charge in [0.15, 0.2) is 0 Å². The summed E-state index contributed by atoms with van der Waals surface area (Å²) in [4.78, 5) is 38.2. The third-order valence-corrected chi connectivity index (χ3v) is 15.3. The number of nitrogens with one attached hydrogen (secondary N) is 2. The molecule has 0 saturated heterocycles. The molecule has 5 aliphatic carbocycles. The van der Waals surface area contributed by atoms with E-state index in [1.807, 2.05) is 20.8 Å². The highest BCUT2D eigenvalue weighted by Gasteiger charge is 2.71. The van der Waals surface area contributed by atoms with Crippen molar-refractivity contribution in [2.24, 2.45) is 56.7 Å². The first kappa shape index (κ1) is 36.2. The molecule has 7 nitrogen and oxygen atoms in total. The van der Waals surface area contributed by atoms with Crippen LogP contribution in [0.3, 0.4) is 0 Å². The van der Waals surface area contributed by atoms with Gasteiger partial charge in [-0.2, -0.15) is 0 Å². The van der Waals surface area contributed by atoms with Crippen molar-refractivity contribution in [3.8, 4) is 0 Å². The van der Waals surface area contributed by atoms with E-state index in [-0.39, 0.29) is 51.3 Å². The van der Waals surface area contributed by atoms with Crippen molar-refractivity contribution in [2.75, 3.05) is 0 Å². The number of urea groups is 1. The molecule has 0 aromatic carbocycles. The molecular weight excluding hydrogens is 588 g/mol. The average molecular weight is 655 g/mol. The van der Waals surface area contributed by atoms with Crippen LogP contribution in [0.15, 0.2) is 12.2 Å². The number of carboxylic acids is 1. The number of aliphatic carboxylic acids is 1. The van der Waals surface area contributed by atoms with E-state index in [1.54, 1.807) is 13.8 Å². The lowest BCUT2D eigenvalue weighted by molar-refractivity contribution is -0.246. The summed E-state index contributed by atoms with van der Waals surface area (Å²) >= 11 is 0. The van der Waals surface area contributed by atoms with Crippen LogP contribution >= 0.6 is 0 Å². The normalized spacial score (nSPS) is 42.5. The number of carbonyl (C=O) groups excluding carboxylic acids is 2. The number of rotatable bonds is 6. The number of carbonyl (C=O) groups is 3. The van der Waals surface area contributed by atoms with Gasteiger partial charge in [0.2, 0.25) is 0 Å². The number of fused-ring (bicyclic) bond motifs is 7. The standard InChI is InChI=1S/C40H66N2O5/c1-24(2)25-15-20-40(42-33(46)41-34(3,4)5)22-21-38(11)26(31(25)40)13-14-28-37(10)18-17-29(47-30(43)23-35(6,7)32(44)45)36(8,9)27(37)16-19-39(28,38)12/h25-29,31H,1,13-23H2,2-12H3,(H,44,45)(H2,41,42,46)/t25-,26+,27-,28+,29-,31+,37-,38+,39+,40-/m0/s1. The van der Waals surface area contributed by atoms with Gasteiger partial charge in [0.25, 0.3) is 0 Å². The second-order valence-electron chi connectivity index (χ2n) is 19.9. The Morgan fingerprint density at radius 1 is 0.830 bits per heavy atom. The van der Waals surface area contributed by atoms with Crippen LogP contribution < -0.4 is 10.6 Å². The lowest BCUT2D eigenvalue weighted by Gasteiger charge is -2.73. The quantitative estimate of drug-likeness (QED) is 0.196. The summed E-state index contributed by atoms with van der Waals surface area (Å²) in [5.41, 5.74) is -0.0743. The van der Waals surface area contributed by atoms with Gasteiger partial charge in [-0.15, -0.1) is 0 Å². The van der Waals surface area contributed by atoms with Crippen LogP contribution in [0.1, 0.15) is 147 Å². The second-order valence-corrected chi connectivity index (χ2v) is 19.9. The zero-order chi connectivity index (χ0) is 35.2. The molecule has 0 unspecified atom stereocenters. The van der Waals surface area contributed by atoms with Gasteiger partial charge in [-0.25, -0.2) is 4.79 Å². The van der Waals surface area contributed by atoms with E-state index in [0.717, 1.165) is 51.4 Å². The van der Waals surface area contributed by atoms with Gasteiger partial charge in [-0.05, 0) is 152 Å². The fourth-order valence-corrected chi connectivity index (χ4v) is 12.8. The zero-order valence-electron chi connectivity index (χ0n) is 31.5. The minimum absolute atomic E-state index is 0.0346. The number of ether oxygens (including phenoxy) is 1. The highest BCUT2D eigenvalue weighted by atomic mass is 16.5. The first-order chi connectivity index (χ1) is 21.4. The van der Waals surface area contributed by atoms with Crippen molar-refractivity contribution in [3.05, 3.63) is 12.2 Å². The Labute approximate surface area is 285 Å². The van der Waals surface area contributed by atoms with Crippen molar-refractivity contribution >= 4 is 18.0 Å². The van der Waals surface area contributed by atoms with Crippen LogP contribution in [0.5, 0.6) is 0 Å². The predicted molar refractivity (Wildman–Crippen MR) is 187 cm³/mol. The Kier molecular flexibility index (Phi) is 8.87. The molecule has 0 aromatic rings. The lowest BCUT2D eigenvalue weighted by atomic mass is 9.32. The third kappa shape index (κ3) is 5.75. The topological polar surface area (TPSA) is 105 Å². The zero-order valence-corrected chi connectivity index (χ0v) is 31.5. The van der Waals surface area contributed by atoms with E-state index in [1.165, 1.54) is 18.4 Å². The molecule has 0 bridgehead atoms. The fourth-order valence-electron chi connectivity index (χ4n) is 12.8. The minimum Gasteiger partial charge on any atom is -0.481 e. The molecule has 0 radical (unpaired) electrons. The maximum atomic E-state index is 13.4. The molecule has 7 heteroatoms. The largest absolute Gasteiger partial charge is 0.481 e. The molecule has 2 amide bonds. The number of hydrogen-bond donors (Lipinski definition) is 3. The number of hydrogen-bond acceptors (Lipinski definition) is 4. The van der Waals surface area contributed by atoms with Crippen molar-refractivity contribution in [3.63, 3.8) is 0 Å². The summed E-state index contributed by atoms with van der Waals surface area (Å²) in [6, 6.07) is -0.0346. The Bertz CT molecular complexity index is 1300. The van der Waals surface area contributed by atoms with E-state index in [2.05, 4.69) is 58.8 Å². The average Bonchev–Trinajstić information content (AvgIpc) is 3.28. The van der Waals surface area contributed by atoms with Crippen LogP contribution in [0.2, 0.25) is 0 Å². The number of allylic oxidation sites excluding steroid dienone is 1. The molecule has 5 saturated carbocycles. The van der Waals surface area contributed by atoms with Gasteiger partial charge in [0, 0.05) is 16.5 Å². The molecule has 5 fully saturated rings. The van der Waals surface area contributed by atoms with Crippen LogP contribution in [0, 0.1) is 56.7 Å². The highest BCUT2D eigenvalue weighted by Crippen LogP contribution is 2.76. The van der Waals surface area contributed by atoms with Crippen LogP contribution in [0.25, 0.3) is 0 Å². The van der Waals surface area contributed by atoms with Gasteiger partial charge < -0.3 is 20.5 Å². The minimum atomic E-state index is -1.14. The summed E-state index contributed by atoms with van der Waals surface area (Å²) < 4.78 is 6.16. The molecule has 5 rings (SSSR count). The second kappa shape index (κ2) is 11.5. The van der Waals surface area contributed by atoms with E-state index in [0.29, 0.717) is 29.6 Å². The summed E-state index contributed by atoms with van der Waals surface area (Å²) in [5.74, 6) is 0.980.